The second-order valence-electron chi connectivity index (χ2n) is 4.45. The molecule has 0 aliphatic heterocycles. The standard InChI is InChI=1S/C13H18BrNOS/c1-16-10-3-2-4-11(8-10)17-13-7-9(14)5-6-12(13)15/h5-7,10-11H,2-4,8,15H2,1H3. The van der Waals surface area contributed by atoms with Gasteiger partial charge in [-0.2, -0.15) is 0 Å². The molecule has 17 heavy (non-hydrogen) atoms. The van der Waals surface area contributed by atoms with Crippen molar-refractivity contribution in [1.82, 2.24) is 0 Å². The molecule has 94 valence electrons. The van der Waals surface area contributed by atoms with Gasteiger partial charge in [0, 0.05) is 27.4 Å². The molecule has 1 saturated carbocycles. The zero-order valence-electron chi connectivity index (χ0n) is 9.99. The van der Waals surface area contributed by atoms with Crippen LogP contribution in [0.1, 0.15) is 25.7 Å². The van der Waals surface area contributed by atoms with Crippen LogP contribution in [0.5, 0.6) is 0 Å². The Balaban J connectivity index is 2.02. The zero-order valence-corrected chi connectivity index (χ0v) is 12.4. The van der Waals surface area contributed by atoms with Gasteiger partial charge in [-0.1, -0.05) is 15.9 Å². The largest absolute Gasteiger partial charge is 0.398 e. The maximum absolute atomic E-state index is 6.00. The predicted octanol–water partition coefficient (Wildman–Crippen LogP) is 4.08. The predicted molar refractivity (Wildman–Crippen MR) is 77.5 cm³/mol. The molecule has 0 heterocycles. The van der Waals surface area contributed by atoms with E-state index in [0.29, 0.717) is 11.4 Å². The van der Waals surface area contributed by atoms with Crippen molar-refractivity contribution in [3.05, 3.63) is 22.7 Å². The molecule has 2 N–H and O–H groups in total. The molecule has 1 aromatic rings. The Labute approximate surface area is 115 Å². The van der Waals surface area contributed by atoms with Gasteiger partial charge >= 0.3 is 0 Å². The third-order valence-electron chi connectivity index (χ3n) is 3.18. The topological polar surface area (TPSA) is 35.2 Å². The number of nitrogen functional groups attached to an aromatic ring is 1. The molecule has 0 bridgehead atoms. The highest BCUT2D eigenvalue weighted by Crippen LogP contribution is 2.38. The Morgan fingerprint density at radius 3 is 3.00 bits per heavy atom. The van der Waals surface area contributed by atoms with Crippen molar-refractivity contribution in [3.63, 3.8) is 0 Å². The van der Waals surface area contributed by atoms with E-state index in [1.165, 1.54) is 24.2 Å². The van der Waals surface area contributed by atoms with E-state index in [1.54, 1.807) is 0 Å². The van der Waals surface area contributed by atoms with E-state index < -0.39 is 0 Å². The summed E-state index contributed by atoms with van der Waals surface area (Å²) in [6.45, 7) is 0. The minimum absolute atomic E-state index is 0.426. The van der Waals surface area contributed by atoms with Crippen LogP contribution in [0.2, 0.25) is 0 Å². The SMILES string of the molecule is COC1CCCC(Sc2cc(Br)ccc2N)C1. The molecule has 0 spiro atoms. The number of thioether (sulfide) groups is 1. The van der Waals surface area contributed by atoms with Gasteiger partial charge in [0.2, 0.25) is 0 Å². The minimum Gasteiger partial charge on any atom is -0.398 e. The van der Waals surface area contributed by atoms with Crippen LogP contribution in [0.15, 0.2) is 27.6 Å². The summed E-state index contributed by atoms with van der Waals surface area (Å²) in [6.07, 6.45) is 5.27. The highest BCUT2D eigenvalue weighted by Gasteiger charge is 2.23. The lowest BCUT2D eigenvalue weighted by atomic mass is 9.97. The molecule has 4 heteroatoms. The fraction of sp³-hybridized carbons (Fsp3) is 0.538. The zero-order chi connectivity index (χ0) is 12.3. The summed E-state index contributed by atoms with van der Waals surface area (Å²) in [5.41, 5.74) is 6.87. The first-order valence-corrected chi connectivity index (χ1v) is 7.61. The maximum atomic E-state index is 6.00. The van der Waals surface area contributed by atoms with Crippen LogP contribution in [0.3, 0.4) is 0 Å². The Morgan fingerprint density at radius 1 is 1.41 bits per heavy atom. The van der Waals surface area contributed by atoms with Crippen LogP contribution in [0.25, 0.3) is 0 Å². The van der Waals surface area contributed by atoms with Crippen molar-refractivity contribution in [3.8, 4) is 0 Å². The molecular formula is C13H18BrNOS. The molecule has 0 aromatic heterocycles. The van der Waals surface area contributed by atoms with Gasteiger partial charge in [-0.3, -0.25) is 0 Å². The van der Waals surface area contributed by atoms with Gasteiger partial charge in [-0.15, -0.1) is 11.8 Å². The molecule has 1 fully saturated rings. The molecule has 1 aliphatic rings. The van der Waals surface area contributed by atoms with Crippen molar-refractivity contribution < 1.29 is 4.74 Å². The summed E-state index contributed by atoms with van der Waals surface area (Å²) in [5, 5.41) is 0.630. The first-order valence-electron chi connectivity index (χ1n) is 5.93. The summed E-state index contributed by atoms with van der Waals surface area (Å²) < 4.78 is 6.55. The van der Waals surface area contributed by atoms with Crippen molar-refractivity contribution in [2.24, 2.45) is 0 Å². The van der Waals surface area contributed by atoms with Gasteiger partial charge in [0.15, 0.2) is 0 Å². The van der Waals surface area contributed by atoms with Crippen molar-refractivity contribution in [1.29, 1.82) is 0 Å². The lowest BCUT2D eigenvalue weighted by molar-refractivity contribution is 0.0730. The Hall–Kier alpha value is -0.190. The van der Waals surface area contributed by atoms with Gasteiger partial charge in [-0.25, -0.2) is 0 Å². The number of nitrogens with two attached hydrogens (primary N) is 1. The molecule has 1 aromatic carbocycles. The van der Waals surface area contributed by atoms with E-state index in [1.807, 2.05) is 31.0 Å². The molecule has 2 rings (SSSR count). The number of methoxy groups -OCH3 is 1. The molecule has 0 radical (unpaired) electrons. The number of hydrogen-bond donors (Lipinski definition) is 1. The molecular weight excluding hydrogens is 298 g/mol. The summed E-state index contributed by atoms with van der Waals surface area (Å²) in [7, 11) is 1.81. The van der Waals surface area contributed by atoms with E-state index in [2.05, 4.69) is 22.0 Å². The fourth-order valence-corrected chi connectivity index (χ4v) is 4.08. The lowest BCUT2D eigenvalue weighted by Crippen LogP contribution is -2.23. The van der Waals surface area contributed by atoms with E-state index in [0.717, 1.165) is 16.6 Å². The molecule has 2 atom stereocenters. The van der Waals surface area contributed by atoms with Crippen LogP contribution in [-0.2, 0) is 4.74 Å². The summed E-state index contributed by atoms with van der Waals surface area (Å²) >= 11 is 5.38. The second-order valence-corrected chi connectivity index (χ2v) is 6.70. The lowest BCUT2D eigenvalue weighted by Gasteiger charge is -2.28. The highest BCUT2D eigenvalue weighted by atomic mass is 79.9. The van der Waals surface area contributed by atoms with Crippen LogP contribution >= 0.6 is 27.7 Å². The molecule has 2 unspecified atom stereocenters. The summed E-state index contributed by atoms with van der Waals surface area (Å²) in [6, 6.07) is 6.05. The van der Waals surface area contributed by atoms with E-state index in [4.69, 9.17) is 10.5 Å². The van der Waals surface area contributed by atoms with Gasteiger partial charge in [0.05, 0.1) is 6.10 Å². The van der Waals surface area contributed by atoms with Crippen LogP contribution in [0.4, 0.5) is 5.69 Å². The first kappa shape index (κ1) is 13.2. The smallest absolute Gasteiger partial charge is 0.0582 e. The number of hydrogen-bond acceptors (Lipinski definition) is 3. The Bertz CT molecular complexity index is 386. The van der Waals surface area contributed by atoms with Crippen LogP contribution in [-0.4, -0.2) is 18.5 Å². The molecule has 2 nitrogen and oxygen atoms in total. The molecule has 0 saturated heterocycles. The molecule has 0 amide bonds. The monoisotopic (exact) mass is 315 g/mol. The van der Waals surface area contributed by atoms with Crippen molar-refractivity contribution in [2.45, 2.75) is 41.9 Å². The van der Waals surface area contributed by atoms with Gasteiger partial charge < -0.3 is 10.5 Å². The average Bonchev–Trinajstić information content (AvgIpc) is 2.34. The Kier molecular flexibility index (Phi) is 4.77. The van der Waals surface area contributed by atoms with Gasteiger partial charge in [-0.05, 0) is 43.9 Å². The normalized spacial score (nSPS) is 24.8. The number of rotatable bonds is 3. The first-order chi connectivity index (χ1) is 8.19. The fourth-order valence-electron chi connectivity index (χ4n) is 2.21. The van der Waals surface area contributed by atoms with Crippen molar-refractivity contribution >= 4 is 33.4 Å². The number of ether oxygens (including phenoxy) is 1. The van der Waals surface area contributed by atoms with Crippen LogP contribution in [0, 0.1) is 0 Å². The summed E-state index contributed by atoms with van der Waals surface area (Å²) in [5.74, 6) is 0. The number of halogens is 1. The van der Waals surface area contributed by atoms with Crippen LogP contribution < -0.4 is 5.73 Å². The van der Waals surface area contributed by atoms with Crippen molar-refractivity contribution in [2.75, 3.05) is 12.8 Å². The third kappa shape index (κ3) is 3.63. The minimum atomic E-state index is 0.426. The average molecular weight is 316 g/mol. The third-order valence-corrected chi connectivity index (χ3v) is 5.04. The Morgan fingerprint density at radius 2 is 2.24 bits per heavy atom. The van der Waals surface area contributed by atoms with E-state index in [-0.39, 0.29) is 0 Å². The van der Waals surface area contributed by atoms with E-state index >= 15 is 0 Å². The second kappa shape index (κ2) is 6.12. The van der Waals surface area contributed by atoms with E-state index in [9.17, 15) is 0 Å². The number of benzene rings is 1. The summed E-state index contributed by atoms with van der Waals surface area (Å²) in [4.78, 5) is 1.18. The van der Waals surface area contributed by atoms with Gasteiger partial charge in [0.1, 0.15) is 0 Å². The quantitative estimate of drug-likeness (QED) is 0.853. The maximum Gasteiger partial charge on any atom is 0.0582 e. The highest BCUT2D eigenvalue weighted by molar-refractivity contribution is 9.10. The molecule has 1 aliphatic carbocycles. The van der Waals surface area contributed by atoms with Gasteiger partial charge in [0.25, 0.3) is 0 Å². The number of anilines is 1.